The normalized spacial score (nSPS) is 13.6. The van der Waals surface area contributed by atoms with Crippen molar-refractivity contribution in [2.24, 2.45) is 0 Å². The summed E-state index contributed by atoms with van der Waals surface area (Å²) in [5, 5.41) is 10.7. The molecule has 5 nitrogen and oxygen atoms in total. The number of benzene rings is 1. The van der Waals surface area contributed by atoms with Gasteiger partial charge in [-0.25, -0.2) is 4.68 Å². The van der Waals surface area contributed by atoms with E-state index in [1.165, 1.54) is 0 Å². The molecule has 1 aliphatic heterocycles. The summed E-state index contributed by atoms with van der Waals surface area (Å²) in [6.45, 7) is 4.97. The van der Waals surface area contributed by atoms with Crippen LogP contribution in [0.5, 0.6) is 11.6 Å². The lowest BCUT2D eigenvalue weighted by Crippen LogP contribution is -2.22. The minimum Gasteiger partial charge on any atom is -0.496 e. The minimum atomic E-state index is -0.162. The van der Waals surface area contributed by atoms with Crippen LogP contribution in [-0.4, -0.2) is 21.6 Å². The quantitative estimate of drug-likeness (QED) is 0.863. The molecule has 3 rings (SSSR count). The summed E-state index contributed by atoms with van der Waals surface area (Å²) in [5.74, 6) is 6.46. The third-order valence-corrected chi connectivity index (χ3v) is 4.49. The second-order valence-electron chi connectivity index (χ2n) is 6.06. The monoisotopic (exact) mass is 326 g/mol. The molecule has 0 bridgehead atoms. The first-order chi connectivity index (χ1) is 11.6. The number of ether oxygens (including phenoxy) is 1. The van der Waals surface area contributed by atoms with E-state index in [9.17, 15) is 9.90 Å². The van der Waals surface area contributed by atoms with E-state index in [0.29, 0.717) is 30.0 Å². The molecule has 24 heavy (non-hydrogen) atoms. The lowest BCUT2D eigenvalue weighted by Gasteiger charge is -2.11. The van der Waals surface area contributed by atoms with E-state index in [1.54, 1.807) is 23.4 Å². The molecule has 2 heterocycles. The average Bonchev–Trinajstić information content (AvgIpc) is 2.75. The first kappa shape index (κ1) is 16.3. The minimum absolute atomic E-state index is 0.0256. The molecule has 0 spiro atoms. The molecule has 1 N–H and O–H groups in total. The van der Waals surface area contributed by atoms with Crippen LogP contribution in [0.25, 0.3) is 11.1 Å². The van der Waals surface area contributed by atoms with E-state index >= 15 is 0 Å². The summed E-state index contributed by atoms with van der Waals surface area (Å²) in [7, 11) is 1.57. The van der Waals surface area contributed by atoms with Crippen LogP contribution in [0.3, 0.4) is 0 Å². The molecule has 0 aliphatic carbocycles. The van der Waals surface area contributed by atoms with Gasteiger partial charge in [0.25, 0.3) is 5.56 Å². The Balaban J connectivity index is 2.26. The lowest BCUT2D eigenvalue weighted by atomic mass is 9.98. The Morgan fingerprint density at radius 2 is 1.83 bits per heavy atom. The molecule has 0 saturated heterocycles. The second kappa shape index (κ2) is 6.48. The number of aromatic nitrogens is 2. The van der Waals surface area contributed by atoms with Gasteiger partial charge in [-0.2, -0.15) is 0 Å². The standard InChI is InChI=1S/C19H22N2O3/c1-4-8-14-11-13(2)16(15(12-14)24-3)17-18(22)20-9-6-5-7-10-21(20)19(17)23/h11-12,22H,5-7,9-10H2,1-3H3. The van der Waals surface area contributed by atoms with Gasteiger partial charge in [-0.15, -0.1) is 5.92 Å². The van der Waals surface area contributed by atoms with Crippen molar-refractivity contribution < 1.29 is 9.84 Å². The first-order valence-corrected chi connectivity index (χ1v) is 8.22. The van der Waals surface area contributed by atoms with Gasteiger partial charge < -0.3 is 9.84 Å². The third-order valence-electron chi connectivity index (χ3n) is 4.49. The van der Waals surface area contributed by atoms with Crippen LogP contribution in [-0.2, 0) is 13.1 Å². The molecule has 126 valence electrons. The predicted octanol–water partition coefficient (Wildman–Crippen LogP) is 2.89. The highest BCUT2D eigenvalue weighted by Gasteiger charge is 2.25. The summed E-state index contributed by atoms with van der Waals surface area (Å²) in [6, 6.07) is 3.73. The van der Waals surface area contributed by atoms with Gasteiger partial charge in [0.2, 0.25) is 5.88 Å². The molecule has 0 radical (unpaired) electrons. The van der Waals surface area contributed by atoms with Gasteiger partial charge >= 0.3 is 0 Å². The molecule has 0 unspecified atom stereocenters. The van der Waals surface area contributed by atoms with Gasteiger partial charge in [0.1, 0.15) is 11.3 Å². The van der Waals surface area contributed by atoms with Gasteiger partial charge in [0, 0.05) is 24.2 Å². The molecule has 0 atom stereocenters. The molecule has 1 aromatic carbocycles. The lowest BCUT2D eigenvalue weighted by molar-refractivity contribution is 0.365. The van der Waals surface area contributed by atoms with Crippen LogP contribution in [0.4, 0.5) is 0 Å². The zero-order chi connectivity index (χ0) is 17.3. The zero-order valence-electron chi connectivity index (χ0n) is 14.3. The number of hydrogen-bond acceptors (Lipinski definition) is 3. The van der Waals surface area contributed by atoms with E-state index in [1.807, 2.05) is 19.1 Å². The maximum atomic E-state index is 12.9. The summed E-state index contributed by atoms with van der Waals surface area (Å²) in [5.41, 5.74) is 2.50. The summed E-state index contributed by atoms with van der Waals surface area (Å²) in [6.07, 6.45) is 2.97. The Morgan fingerprint density at radius 3 is 2.50 bits per heavy atom. The van der Waals surface area contributed by atoms with Gasteiger partial charge in [-0.3, -0.25) is 9.48 Å². The topological polar surface area (TPSA) is 56.4 Å². The predicted molar refractivity (Wildman–Crippen MR) is 93.5 cm³/mol. The van der Waals surface area contributed by atoms with Crippen LogP contribution in [0.1, 0.15) is 37.3 Å². The Bertz CT molecular complexity index is 894. The van der Waals surface area contributed by atoms with Gasteiger partial charge in [-0.05, 0) is 50.8 Å². The number of nitrogens with zero attached hydrogens (tertiary/aromatic N) is 2. The highest BCUT2D eigenvalue weighted by molar-refractivity contribution is 5.78. The molecule has 5 heteroatoms. The van der Waals surface area contributed by atoms with Crippen molar-refractivity contribution in [2.75, 3.05) is 7.11 Å². The van der Waals surface area contributed by atoms with Crippen molar-refractivity contribution in [3.05, 3.63) is 33.6 Å². The number of rotatable bonds is 2. The van der Waals surface area contributed by atoms with E-state index in [-0.39, 0.29) is 11.4 Å². The van der Waals surface area contributed by atoms with Crippen molar-refractivity contribution in [1.82, 2.24) is 9.36 Å². The smallest absolute Gasteiger partial charge is 0.278 e. The van der Waals surface area contributed by atoms with E-state index in [0.717, 1.165) is 30.4 Å². The maximum absolute atomic E-state index is 12.9. The molecule has 1 aromatic heterocycles. The molecule has 2 aromatic rings. The second-order valence-corrected chi connectivity index (χ2v) is 6.06. The van der Waals surface area contributed by atoms with E-state index in [4.69, 9.17) is 4.74 Å². The molecule has 0 fully saturated rings. The van der Waals surface area contributed by atoms with Crippen molar-refractivity contribution in [2.45, 2.75) is 46.2 Å². The summed E-state index contributed by atoms with van der Waals surface area (Å²) in [4.78, 5) is 12.9. The number of aryl methyl sites for hydroxylation is 1. The third kappa shape index (κ3) is 2.58. The zero-order valence-corrected chi connectivity index (χ0v) is 14.3. The Labute approximate surface area is 141 Å². The van der Waals surface area contributed by atoms with E-state index < -0.39 is 0 Å². The Morgan fingerprint density at radius 1 is 1.12 bits per heavy atom. The fourth-order valence-electron chi connectivity index (χ4n) is 3.40. The number of methoxy groups -OCH3 is 1. The number of aromatic hydroxyl groups is 1. The van der Waals surface area contributed by atoms with Crippen LogP contribution in [0, 0.1) is 18.8 Å². The first-order valence-electron chi connectivity index (χ1n) is 8.22. The van der Waals surface area contributed by atoms with Gasteiger partial charge in [0.15, 0.2) is 0 Å². The molecule has 0 amide bonds. The summed E-state index contributed by atoms with van der Waals surface area (Å²) < 4.78 is 8.84. The Hall–Kier alpha value is -2.61. The molecular formula is C19H22N2O3. The van der Waals surface area contributed by atoms with Crippen LogP contribution < -0.4 is 10.3 Å². The van der Waals surface area contributed by atoms with Crippen molar-refractivity contribution in [3.8, 4) is 34.6 Å². The number of hydrogen-bond donors (Lipinski definition) is 1. The summed E-state index contributed by atoms with van der Waals surface area (Å²) >= 11 is 0. The van der Waals surface area contributed by atoms with E-state index in [2.05, 4.69) is 11.8 Å². The fraction of sp³-hybridized carbons (Fsp3) is 0.421. The molecule has 1 aliphatic rings. The highest BCUT2D eigenvalue weighted by atomic mass is 16.5. The van der Waals surface area contributed by atoms with Crippen LogP contribution in [0.2, 0.25) is 0 Å². The fourth-order valence-corrected chi connectivity index (χ4v) is 3.40. The van der Waals surface area contributed by atoms with Crippen molar-refractivity contribution in [3.63, 3.8) is 0 Å². The SMILES string of the molecule is CC#Cc1cc(C)c(-c2c(O)n3n(c2=O)CCCCC3)c(OC)c1. The van der Waals surface area contributed by atoms with Gasteiger partial charge in [-0.1, -0.05) is 5.92 Å². The van der Waals surface area contributed by atoms with Gasteiger partial charge in [0.05, 0.1) is 7.11 Å². The molecular weight excluding hydrogens is 304 g/mol. The highest BCUT2D eigenvalue weighted by Crippen LogP contribution is 2.38. The largest absolute Gasteiger partial charge is 0.496 e. The molecule has 0 saturated carbocycles. The Kier molecular flexibility index (Phi) is 4.39. The number of fused-ring (bicyclic) bond motifs is 1. The van der Waals surface area contributed by atoms with Crippen molar-refractivity contribution >= 4 is 0 Å². The van der Waals surface area contributed by atoms with Crippen molar-refractivity contribution in [1.29, 1.82) is 0 Å². The maximum Gasteiger partial charge on any atom is 0.278 e. The van der Waals surface area contributed by atoms with Crippen LogP contribution >= 0.6 is 0 Å². The van der Waals surface area contributed by atoms with Crippen LogP contribution in [0.15, 0.2) is 16.9 Å². The average molecular weight is 326 g/mol.